The van der Waals surface area contributed by atoms with Gasteiger partial charge >= 0.3 is 11.9 Å². The van der Waals surface area contributed by atoms with Gasteiger partial charge in [-0.05, 0) is 45.7 Å². The highest BCUT2D eigenvalue weighted by Crippen LogP contribution is 2.25. The molecule has 6 nitrogen and oxygen atoms in total. The summed E-state index contributed by atoms with van der Waals surface area (Å²) in [7, 11) is 0. The van der Waals surface area contributed by atoms with Crippen LogP contribution in [-0.2, 0) is 9.59 Å². The number of hydrogen-bond acceptors (Lipinski definition) is 4. The molecule has 0 saturated heterocycles. The molecule has 0 saturated carbocycles. The van der Waals surface area contributed by atoms with Crippen molar-refractivity contribution in [1.82, 2.24) is 4.90 Å². The quantitative estimate of drug-likeness (QED) is 0.181. The molecule has 0 heterocycles. The Morgan fingerprint density at radius 1 is 0.690 bits per heavy atom. The second-order valence-corrected chi connectivity index (χ2v) is 8.50. The van der Waals surface area contributed by atoms with Crippen LogP contribution in [0, 0.1) is 5.41 Å². The molecule has 0 unspecified atom stereocenters. The van der Waals surface area contributed by atoms with E-state index >= 15 is 0 Å². The van der Waals surface area contributed by atoms with Crippen molar-refractivity contribution in [2.45, 2.75) is 104 Å². The van der Waals surface area contributed by atoms with Gasteiger partial charge in [-0.3, -0.25) is 9.59 Å². The van der Waals surface area contributed by atoms with E-state index in [1.807, 2.05) is 0 Å². The Bertz CT molecular complexity index is 413. The SMILES string of the molecule is CCCCCCCCCCN(CCCO)CCCCCCC(C)(C(=O)O)C(=O)O. The number of rotatable bonds is 21. The molecule has 0 fully saturated rings. The third-order valence-electron chi connectivity index (χ3n) is 5.81. The first-order chi connectivity index (χ1) is 13.9. The number of aliphatic hydroxyl groups is 1. The molecule has 6 heteroatoms. The summed E-state index contributed by atoms with van der Waals surface area (Å²) in [5.74, 6) is -2.52. The van der Waals surface area contributed by atoms with Crippen molar-refractivity contribution in [3.63, 3.8) is 0 Å². The summed E-state index contributed by atoms with van der Waals surface area (Å²) >= 11 is 0. The van der Waals surface area contributed by atoms with Gasteiger partial charge in [0.15, 0.2) is 5.41 Å². The maximum Gasteiger partial charge on any atom is 0.320 e. The molecule has 0 bridgehead atoms. The second-order valence-electron chi connectivity index (χ2n) is 8.50. The summed E-state index contributed by atoms with van der Waals surface area (Å²) in [6.45, 7) is 6.73. The summed E-state index contributed by atoms with van der Waals surface area (Å²) in [4.78, 5) is 24.8. The maximum atomic E-state index is 11.2. The predicted molar refractivity (Wildman–Crippen MR) is 117 cm³/mol. The van der Waals surface area contributed by atoms with Gasteiger partial charge in [-0.25, -0.2) is 0 Å². The van der Waals surface area contributed by atoms with Crippen molar-refractivity contribution in [2.24, 2.45) is 5.41 Å². The molecule has 0 aliphatic carbocycles. The van der Waals surface area contributed by atoms with Gasteiger partial charge in [0.05, 0.1) is 0 Å². The van der Waals surface area contributed by atoms with Crippen molar-refractivity contribution in [3.8, 4) is 0 Å². The van der Waals surface area contributed by atoms with Crippen LogP contribution in [0.2, 0.25) is 0 Å². The zero-order valence-electron chi connectivity index (χ0n) is 18.8. The normalized spacial score (nSPS) is 11.9. The van der Waals surface area contributed by atoms with E-state index in [-0.39, 0.29) is 13.0 Å². The molecule has 0 aliphatic rings. The van der Waals surface area contributed by atoms with Crippen LogP contribution in [0.3, 0.4) is 0 Å². The smallest absolute Gasteiger partial charge is 0.320 e. The molecule has 3 N–H and O–H groups in total. The Balaban J connectivity index is 3.93. The van der Waals surface area contributed by atoms with Crippen molar-refractivity contribution in [2.75, 3.05) is 26.2 Å². The molecule has 0 aromatic carbocycles. The molecule has 0 atom stereocenters. The number of hydrogen-bond donors (Lipinski definition) is 3. The van der Waals surface area contributed by atoms with Gasteiger partial charge in [0.25, 0.3) is 0 Å². The van der Waals surface area contributed by atoms with Gasteiger partial charge in [-0.15, -0.1) is 0 Å². The van der Waals surface area contributed by atoms with Crippen LogP contribution in [0.15, 0.2) is 0 Å². The molecule has 0 amide bonds. The Kier molecular flexibility index (Phi) is 17.0. The summed E-state index contributed by atoms with van der Waals surface area (Å²) in [5.41, 5.74) is -1.68. The summed E-state index contributed by atoms with van der Waals surface area (Å²) < 4.78 is 0. The molecular formula is C23H45NO5. The van der Waals surface area contributed by atoms with Gasteiger partial charge in [0.2, 0.25) is 0 Å². The summed E-state index contributed by atoms with van der Waals surface area (Å²) in [6, 6.07) is 0. The average Bonchev–Trinajstić information content (AvgIpc) is 2.69. The number of nitrogens with zero attached hydrogens (tertiary/aromatic N) is 1. The Morgan fingerprint density at radius 2 is 1.10 bits per heavy atom. The van der Waals surface area contributed by atoms with Crippen molar-refractivity contribution in [1.29, 1.82) is 0 Å². The number of carboxylic acid groups (broad SMARTS) is 2. The number of aliphatic hydroxyl groups excluding tert-OH is 1. The van der Waals surface area contributed by atoms with E-state index in [4.69, 9.17) is 15.3 Å². The number of carbonyl (C=O) groups is 2. The Hall–Kier alpha value is -1.14. The van der Waals surface area contributed by atoms with E-state index in [9.17, 15) is 9.59 Å². The highest BCUT2D eigenvalue weighted by Gasteiger charge is 2.40. The minimum atomic E-state index is -1.68. The van der Waals surface area contributed by atoms with Crippen LogP contribution in [-0.4, -0.2) is 58.4 Å². The van der Waals surface area contributed by atoms with Crippen LogP contribution in [0.25, 0.3) is 0 Å². The van der Waals surface area contributed by atoms with Crippen molar-refractivity contribution >= 4 is 11.9 Å². The molecule has 0 aromatic rings. The second kappa shape index (κ2) is 17.7. The largest absolute Gasteiger partial charge is 0.480 e. The standard InChI is InChI=1S/C23H45NO5/c1-3-4-5-6-7-8-10-13-17-24(19-15-20-25)18-14-11-9-12-16-23(2,21(26)27)22(28)29/h25H,3-20H2,1-2H3,(H,26,27)(H,28,29). The van der Waals surface area contributed by atoms with Crippen LogP contribution in [0.4, 0.5) is 0 Å². The fourth-order valence-corrected chi connectivity index (χ4v) is 3.57. The minimum Gasteiger partial charge on any atom is -0.480 e. The zero-order valence-corrected chi connectivity index (χ0v) is 18.8. The Morgan fingerprint density at radius 3 is 1.55 bits per heavy atom. The van der Waals surface area contributed by atoms with E-state index in [1.54, 1.807) is 0 Å². The molecule has 0 aromatic heterocycles. The monoisotopic (exact) mass is 415 g/mol. The van der Waals surface area contributed by atoms with Crippen molar-refractivity contribution < 1.29 is 24.9 Å². The molecular weight excluding hydrogens is 370 g/mol. The predicted octanol–water partition coefficient (Wildman–Crippen LogP) is 4.94. The number of carboxylic acids is 2. The van der Waals surface area contributed by atoms with E-state index < -0.39 is 17.4 Å². The lowest BCUT2D eigenvalue weighted by Gasteiger charge is -2.22. The third-order valence-corrected chi connectivity index (χ3v) is 5.81. The molecule has 172 valence electrons. The van der Waals surface area contributed by atoms with Crippen LogP contribution >= 0.6 is 0 Å². The van der Waals surface area contributed by atoms with Gasteiger partial charge in [-0.1, -0.05) is 71.1 Å². The van der Waals surface area contributed by atoms with Gasteiger partial charge in [0, 0.05) is 13.2 Å². The first-order valence-electron chi connectivity index (χ1n) is 11.7. The van der Waals surface area contributed by atoms with E-state index in [2.05, 4.69) is 11.8 Å². The molecule has 0 radical (unpaired) electrons. The van der Waals surface area contributed by atoms with Crippen molar-refractivity contribution in [3.05, 3.63) is 0 Å². The van der Waals surface area contributed by atoms with E-state index in [1.165, 1.54) is 58.3 Å². The molecule has 0 spiro atoms. The highest BCUT2D eigenvalue weighted by atomic mass is 16.4. The number of aliphatic carboxylic acids is 2. The average molecular weight is 416 g/mol. The fraction of sp³-hybridized carbons (Fsp3) is 0.913. The first-order valence-corrected chi connectivity index (χ1v) is 11.7. The lowest BCUT2D eigenvalue weighted by molar-refractivity contribution is -0.163. The molecule has 0 aliphatic heterocycles. The van der Waals surface area contributed by atoms with E-state index in [0.717, 1.165) is 45.3 Å². The van der Waals surface area contributed by atoms with Gasteiger partial charge in [-0.2, -0.15) is 0 Å². The van der Waals surface area contributed by atoms with Gasteiger partial charge in [0.1, 0.15) is 0 Å². The lowest BCUT2D eigenvalue weighted by Crippen LogP contribution is -2.36. The van der Waals surface area contributed by atoms with Crippen LogP contribution in [0.5, 0.6) is 0 Å². The zero-order chi connectivity index (χ0) is 22.0. The van der Waals surface area contributed by atoms with Crippen LogP contribution < -0.4 is 0 Å². The fourth-order valence-electron chi connectivity index (χ4n) is 3.57. The maximum absolute atomic E-state index is 11.2. The first kappa shape index (κ1) is 27.9. The topological polar surface area (TPSA) is 98.1 Å². The summed E-state index contributed by atoms with van der Waals surface area (Å²) in [5, 5.41) is 27.4. The highest BCUT2D eigenvalue weighted by molar-refractivity contribution is 5.97. The van der Waals surface area contributed by atoms with Crippen LogP contribution in [0.1, 0.15) is 104 Å². The summed E-state index contributed by atoms with van der Waals surface area (Å²) in [6.07, 6.45) is 14.9. The number of unbranched alkanes of at least 4 members (excludes halogenated alkanes) is 10. The molecule has 29 heavy (non-hydrogen) atoms. The van der Waals surface area contributed by atoms with Gasteiger partial charge < -0.3 is 20.2 Å². The van der Waals surface area contributed by atoms with E-state index in [0.29, 0.717) is 6.42 Å². The Labute approximate surface area is 177 Å². The minimum absolute atomic E-state index is 0.171. The third kappa shape index (κ3) is 13.7. The lowest BCUT2D eigenvalue weighted by atomic mass is 9.85. The molecule has 0 rings (SSSR count).